The van der Waals surface area contributed by atoms with Crippen molar-refractivity contribution in [1.82, 2.24) is 20.3 Å². The highest BCUT2D eigenvalue weighted by Crippen LogP contribution is 2.36. The van der Waals surface area contributed by atoms with E-state index in [0.29, 0.717) is 46.7 Å². The number of halogens is 1. The molecule has 0 aliphatic carbocycles. The largest absolute Gasteiger partial charge is 0.488 e. The summed E-state index contributed by atoms with van der Waals surface area (Å²) in [7, 11) is 3.80. The molecule has 0 saturated carbocycles. The van der Waals surface area contributed by atoms with Gasteiger partial charge in [0.2, 0.25) is 0 Å². The van der Waals surface area contributed by atoms with E-state index in [0.717, 1.165) is 12.1 Å². The molecule has 2 aliphatic rings. The van der Waals surface area contributed by atoms with Gasteiger partial charge in [0.15, 0.2) is 17.3 Å². The average Bonchev–Trinajstić information content (AvgIpc) is 3.65. The van der Waals surface area contributed by atoms with Crippen molar-refractivity contribution in [2.24, 2.45) is 0 Å². The topological polar surface area (TPSA) is 79.7 Å². The fraction of sp³-hybridized carbons (Fsp3) is 0.385. The number of anilines is 1. The smallest absolute Gasteiger partial charge is 0.188 e. The number of likely N-dealkylation sites (N-methyl/N-ethyl adjacent to an activating group) is 1. The standard InChI is InChI=1S/C26H28FN5O3/c1-31-9-7-23-22(31)8-10-32(23)17-5-3-16(4-6-17)20-14-25(35-30-20)26-18-13-19(27)24(34-12-11-33-2)15-21(18)28-29-26/h3-6,13-15,22-23H,7-12H2,1-2H3,(H,28,29). The Kier molecular flexibility index (Phi) is 5.66. The van der Waals surface area contributed by atoms with Crippen LogP contribution in [0.2, 0.25) is 0 Å². The predicted molar refractivity (Wildman–Crippen MR) is 131 cm³/mol. The Labute approximate surface area is 202 Å². The van der Waals surface area contributed by atoms with Gasteiger partial charge in [-0.15, -0.1) is 0 Å². The minimum atomic E-state index is -0.468. The fourth-order valence-electron chi connectivity index (χ4n) is 5.42. The molecule has 8 nitrogen and oxygen atoms in total. The molecule has 0 bridgehead atoms. The summed E-state index contributed by atoms with van der Waals surface area (Å²) in [5, 5.41) is 12.1. The monoisotopic (exact) mass is 477 g/mol. The van der Waals surface area contributed by atoms with Crippen LogP contribution in [0, 0.1) is 5.82 Å². The van der Waals surface area contributed by atoms with Crippen molar-refractivity contribution in [2.75, 3.05) is 45.4 Å². The minimum Gasteiger partial charge on any atom is -0.488 e. The van der Waals surface area contributed by atoms with Gasteiger partial charge in [-0.25, -0.2) is 4.39 Å². The first-order chi connectivity index (χ1) is 17.1. The third kappa shape index (κ3) is 3.94. The van der Waals surface area contributed by atoms with Crippen molar-refractivity contribution < 1.29 is 18.4 Å². The van der Waals surface area contributed by atoms with Crippen molar-refractivity contribution >= 4 is 16.6 Å². The molecule has 0 spiro atoms. The number of nitrogens with zero attached hydrogens (tertiary/aromatic N) is 4. The maximum Gasteiger partial charge on any atom is 0.188 e. The zero-order valence-electron chi connectivity index (χ0n) is 19.8. The van der Waals surface area contributed by atoms with E-state index in [2.05, 4.69) is 56.5 Å². The van der Waals surface area contributed by atoms with Gasteiger partial charge in [0.1, 0.15) is 18.0 Å². The molecule has 0 amide bonds. The second-order valence-electron chi connectivity index (χ2n) is 9.25. The lowest BCUT2D eigenvalue weighted by Gasteiger charge is -2.26. The van der Waals surface area contributed by atoms with Crippen LogP contribution in [0.4, 0.5) is 10.1 Å². The number of methoxy groups -OCH3 is 1. The summed E-state index contributed by atoms with van der Waals surface area (Å²) in [6, 6.07) is 14.6. The van der Waals surface area contributed by atoms with Gasteiger partial charge in [0.05, 0.1) is 12.1 Å². The van der Waals surface area contributed by atoms with Crippen LogP contribution >= 0.6 is 0 Å². The molecule has 182 valence electrons. The molecular weight excluding hydrogens is 449 g/mol. The summed E-state index contributed by atoms with van der Waals surface area (Å²) < 4.78 is 30.6. The second-order valence-corrected chi connectivity index (χ2v) is 9.25. The van der Waals surface area contributed by atoms with Crippen molar-refractivity contribution in [2.45, 2.75) is 24.9 Å². The maximum atomic E-state index is 14.6. The second kappa shape index (κ2) is 8.98. The molecule has 2 unspecified atom stereocenters. The van der Waals surface area contributed by atoms with Crippen LogP contribution in [0.25, 0.3) is 33.6 Å². The Morgan fingerprint density at radius 3 is 2.74 bits per heavy atom. The molecule has 9 heteroatoms. The number of nitrogens with one attached hydrogen (secondary N) is 1. The number of hydrogen-bond acceptors (Lipinski definition) is 7. The molecule has 35 heavy (non-hydrogen) atoms. The molecular formula is C26H28FN5O3. The van der Waals surface area contributed by atoms with Gasteiger partial charge in [-0.2, -0.15) is 5.10 Å². The summed E-state index contributed by atoms with van der Waals surface area (Å²) >= 11 is 0. The molecule has 4 aromatic rings. The van der Waals surface area contributed by atoms with E-state index >= 15 is 0 Å². The highest BCUT2D eigenvalue weighted by atomic mass is 19.1. The van der Waals surface area contributed by atoms with Crippen LogP contribution in [-0.4, -0.2) is 72.8 Å². The van der Waals surface area contributed by atoms with Crippen LogP contribution in [0.5, 0.6) is 5.75 Å². The van der Waals surface area contributed by atoms with E-state index in [1.54, 1.807) is 13.2 Å². The van der Waals surface area contributed by atoms with E-state index in [1.807, 2.05) is 6.07 Å². The third-order valence-corrected chi connectivity index (χ3v) is 7.25. The van der Waals surface area contributed by atoms with E-state index in [4.69, 9.17) is 14.0 Å². The zero-order valence-corrected chi connectivity index (χ0v) is 19.8. The molecule has 2 aromatic carbocycles. The van der Waals surface area contributed by atoms with E-state index < -0.39 is 5.82 Å². The number of benzene rings is 2. The van der Waals surface area contributed by atoms with Crippen molar-refractivity contribution in [3.05, 3.63) is 48.3 Å². The molecule has 2 aliphatic heterocycles. The molecule has 4 heterocycles. The Balaban J connectivity index is 1.22. The first-order valence-electron chi connectivity index (χ1n) is 12.0. The Bertz CT molecular complexity index is 1330. The lowest BCUT2D eigenvalue weighted by atomic mass is 10.1. The first-order valence-corrected chi connectivity index (χ1v) is 12.0. The highest BCUT2D eigenvalue weighted by Gasteiger charge is 2.40. The van der Waals surface area contributed by atoms with E-state index in [1.165, 1.54) is 31.1 Å². The first kappa shape index (κ1) is 22.1. The average molecular weight is 478 g/mol. The maximum absolute atomic E-state index is 14.6. The number of likely N-dealkylation sites (tertiary alicyclic amines) is 1. The molecule has 1 N–H and O–H groups in total. The van der Waals surface area contributed by atoms with Crippen LogP contribution in [0.3, 0.4) is 0 Å². The zero-order chi connectivity index (χ0) is 23.9. The van der Waals surface area contributed by atoms with Gasteiger partial charge >= 0.3 is 0 Å². The molecule has 2 fully saturated rings. The summed E-state index contributed by atoms with van der Waals surface area (Å²) in [5.74, 6) is 0.153. The molecule has 2 aromatic heterocycles. The van der Waals surface area contributed by atoms with Gasteiger partial charge in [0.25, 0.3) is 0 Å². The van der Waals surface area contributed by atoms with Gasteiger partial charge in [-0.3, -0.25) is 5.10 Å². The van der Waals surface area contributed by atoms with Crippen molar-refractivity contribution in [3.8, 4) is 28.5 Å². The van der Waals surface area contributed by atoms with Crippen molar-refractivity contribution in [1.29, 1.82) is 0 Å². The lowest BCUT2D eigenvalue weighted by molar-refractivity contribution is 0.144. The van der Waals surface area contributed by atoms with Gasteiger partial charge in [-0.1, -0.05) is 17.3 Å². The van der Waals surface area contributed by atoms with Crippen LogP contribution in [0.15, 0.2) is 47.0 Å². The summed E-state index contributed by atoms with van der Waals surface area (Å²) in [4.78, 5) is 5.01. The Morgan fingerprint density at radius 2 is 1.91 bits per heavy atom. The van der Waals surface area contributed by atoms with Crippen molar-refractivity contribution in [3.63, 3.8) is 0 Å². The number of aromatic nitrogens is 3. The number of hydrogen-bond donors (Lipinski definition) is 1. The summed E-state index contributed by atoms with van der Waals surface area (Å²) in [6.45, 7) is 2.90. The number of ether oxygens (including phenoxy) is 2. The molecule has 0 radical (unpaired) electrons. The summed E-state index contributed by atoms with van der Waals surface area (Å²) in [5.41, 5.74) is 4.08. The normalized spacial score (nSPS) is 20.1. The van der Waals surface area contributed by atoms with Gasteiger partial charge in [0, 0.05) is 61.1 Å². The summed E-state index contributed by atoms with van der Waals surface area (Å²) in [6.07, 6.45) is 2.43. The Morgan fingerprint density at radius 1 is 1.09 bits per heavy atom. The van der Waals surface area contributed by atoms with Crippen LogP contribution in [0.1, 0.15) is 12.8 Å². The number of aromatic amines is 1. The molecule has 2 atom stereocenters. The number of fused-ring (bicyclic) bond motifs is 2. The number of rotatable bonds is 7. The number of H-pyrrole nitrogens is 1. The lowest BCUT2D eigenvalue weighted by Crippen LogP contribution is -2.34. The van der Waals surface area contributed by atoms with E-state index in [-0.39, 0.29) is 12.4 Å². The SMILES string of the molecule is COCCOc1cc2[nH]nc(-c3cc(-c4ccc(N5CCC6C5CCN6C)cc4)no3)c2cc1F. The fourth-order valence-corrected chi connectivity index (χ4v) is 5.42. The van der Waals surface area contributed by atoms with Crippen LogP contribution < -0.4 is 9.64 Å². The van der Waals surface area contributed by atoms with Gasteiger partial charge in [-0.05, 0) is 38.1 Å². The minimum absolute atomic E-state index is 0.150. The predicted octanol–water partition coefficient (Wildman–Crippen LogP) is 4.33. The quantitative estimate of drug-likeness (QED) is 0.397. The van der Waals surface area contributed by atoms with Crippen LogP contribution in [-0.2, 0) is 4.74 Å². The molecule has 6 rings (SSSR count). The highest BCUT2D eigenvalue weighted by molar-refractivity contribution is 5.93. The van der Waals surface area contributed by atoms with E-state index in [9.17, 15) is 4.39 Å². The van der Waals surface area contributed by atoms with Gasteiger partial charge < -0.3 is 23.8 Å². The Hall–Kier alpha value is -3.43. The third-order valence-electron chi connectivity index (χ3n) is 7.25. The molecule has 2 saturated heterocycles.